The minimum absolute atomic E-state index is 0.0452. The first kappa shape index (κ1) is 15.5. The minimum atomic E-state index is -1.06. The highest BCUT2D eigenvalue weighted by Gasteiger charge is 2.30. The van der Waals surface area contributed by atoms with Gasteiger partial charge in [0.05, 0.1) is 5.92 Å². The molecule has 19 heavy (non-hydrogen) atoms. The molecule has 2 atom stereocenters. The highest BCUT2D eigenvalue weighted by molar-refractivity contribution is 5.85. The van der Waals surface area contributed by atoms with E-state index in [4.69, 9.17) is 5.11 Å². The number of carbonyl (C=O) groups excluding carboxylic acids is 2. The van der Waals surface area contributed by atoms with E-state index in [1.165, 1.54) is 6.92 Å². The average molecular weight is 270 g/mol. The molecule has 1 aliphatic rings. The van der Waals surface area contributed by atoms with Crippen molar-refractivity contribution in [3.8, 4) is 0 Å². The van der Waals surface area contributed by atoms with Crippen LogP contribution in [0.2, 0.25) is 0 Å². The number of hydrogen-bond acceptors (Lipinski definition) is 3. The van der Waals surface area contributed by atoms with Crippen molar-refractivity contribution in [3.63, 3.8) is 0 Å². The van der Waals surface area contributed by atoms with E-state index in [0.717, 1.165) is 6.42 Å². The highest BCUT2D eigenvalue weighted by Crippen LogP contribution is 2.18. The molecule has 0 aromatic rings. The van der Waals surface area contributed by atoms with Gasteiger partial charge in [-0.1, -0.05) is 13.8 Å². The molecule has 1 fully saturated rings. The number of rotatable bonds is 4. The molecular formula is C13H22N2O4. The maximum atomic E-state index is 11.9. The Balaban J connectivity index is 2.57. The molecule has 0 bridgehead atoms. The van der Waals surface area contributed by atoms with E-state index in [0.29, 0.717) is 19.5 Å². The van der Waals surface area contributed by atoms with E-state index in [1.807, 2.05) is 13.8 Å². The highest BCUT2D eigenvalue weighted by atomic mass is 16.4. The third-order valence-electron chi connectivity index (χ3n) is 3.33. The Morgan fingerprint density at radius 2 is 1.89 bits per heavy atom. The third-order valence-corrected chi connectivity index (χ3v) is 3.33. The van der Waals surface area contributed by atoms with E-state index in [2.05, 4.69) is 5.32 Å². The molecule has 1 saturated heterocycles. The van der Waals surface area contributed by atoms with Crippen LogP contribution in [0.4, 0.5) is 0 Å². The van der Waals surface area contributed by atoms with Crippen molar-refractivity contribution in [2.75, 3.05) is 13.1 Å². The fourth-order valence-electron chi connectivity index (χ4n) is 2.15. The summed E-state index contributed by atoms with van der Waals surface area (Å²) in [5.41, 5.74) is 0. The number of carboxylic acid groups (broad SMARTS) is 1. The fraction of sp³-hybridized carbons (Fsp3) is 0.769. The monoisotopic (exact) mass is 270 g/mol. The summed E-state index contributed by atoms with van der Waals surface area (Å²) in [6.07, 6.45) is 1.47. The summed E-state index contributed by atoms with van der Waals surface area (Å²) >= 11 is 0. The maximum absolute atomic E-state index is 11.9. The lowest BCUT2D eigenvalue weighted by atomic mass is 9.96. The molecule has 2 amide bonds. The summed E-state index contributed by atoms with van der Waals surface area (Å²) in [5, 5.41) is 11.2. The normalized spacial score (nSPS) is 21.1. The van der Waals surface area contributed by atoms with Crippen molar-refractivity contribution in [1.82, 2.24) is 10.2 Å². The van der Waals surface area contributed by atoms with Gasteiger partial charge in [-0.05, 0) is 19.8 Å². The van der Waals surface area contributed by atoms with Gasteiger partial charge in [-0.15, -0.1) is 0 Å². The number of carboxylic acids is 1. The second-order valence-corrected chi connectivity index (χ2v) is 5.35. The Bertz CT molecular complexity index is 368. The van der Waals surface area contributed by atoms with E-state index in [-0.39, 0.29) is 23.7 Å². The van der Waals surface area contributed by atoms with Crippen LogP contribution in [-0.4, -0.2) is 46.9 Å². The van der Waals surface area contributed by atoms with Crippen LogP contribution in [0.25, 0.3) is 0 Å². The molecule has 108 valence electrons. The number of nitrogens with zero attached hydrogens (tertiary/aromatic N) is 1. The van der Waals surface area contributed by atoms with Crippen LogP contribution >= 0.6 is 0 Å². The second kappa shape index (κ2) is 6.54. The van der Waals surface area contributed by atoms with E-state index in [9.17, 15) is 14.4 Å². The summed E-state index contributed by atoms with van der Waals surface area (Å²) in [6.45, 7) is 6.15. The van der Waals surface area contributed by atoms with Gasteiger partial charge in [0.2, 0.25) is 11.8 Å². The van der Waals surface area contributed by atoms with E-state index in [1.54, 1.807) is 4.90 Å². The quantitative estimate of drug-likeness (QED) is 0.777. The number of amides is 2. The summed E-state index contributed by atoms with van der Waals surface area (Å²) < 4.78 is 0. The predicted molar refractivity (Wildman–Crippen MR) is 69.4 cm³/mol. The van der Waals surface area contributed by atoms with Crippen LogP contribution in [-0.2, 0) is 14.4 Å². The topological polar surface area (TPSA) is 86.7 Å². The number of nitrogens with one attached hydrogen (secondary N) is 1. The van der Waals surface area contributed by atoms with Gasteiger partial charge in [0.1, 0.15) is 6.04 Å². The van der Waals surface area contributed by atoms with Gasteiger partial charge in [0, 0.05) is 19.0 Å². The fourth-order valence-corrected chi connectivity index (χ4v) is 2.15. The Kier molecular flexibility index (Phi) is 5.32. The summed E-state index contributed by atoms with van der Waals surface area (Å²) in [5.74, 6) is -1.68. The molecule has 0 spiro atoms. The minimum Gasteiger partial charge on any atom is -0.480 e. The van der Waals surface area contributed by atoms with Gasteiger partial charge < -0.3 is 15.3 Å². The Morgan fingerprint density at radius 1 is 1.26 bits per heavy atom. The van der Waals surface area contributed by atoms with Gasteiger partial charge in [-0.25, -0.2) is 0 Å². The molecular weight excluding hydrogens is 248 g/mol. The van der Waals surface area contributed by atoms with Crippen LogP contribution in [0.1, 0.15) is 33.6 Å². The molecule has 1 unspecified atom stereocenters. The molecule has 0 aliphatic carbocycles. The molecule has 0 aromatic heterocycles. The van der Waals surface area contributed by atoms with Crippen molar-refractivity contribution < 1.29 is 19.5 Å². The molecule has 6 heteroatoms. The molecule has 6 nitrogen and oxygen atoms in total. The maximum Gasteiger partial charge on any atom is 0.325 e. The Labute approximate surface area is 113 Å². The van der Waals surface area contributed by atoms with Crippen LogP contribution in [0.3, 0.4) is 0 Å². The van der Waals surface area contributed by atoms with E-state index < -0.39 is 12.0 Å². The first-order valence-corrected chi connectivity index (χ1v) is 6.65. The third kappa shape index (κ3) is 4.22. The average Bonchev–Trinajstić information content (AvgIpc) is 2.37. The zero-order valence-corrected chi connectivity index (χ0v) is 11.7. The standard InChI is InChI=1S/C13H22N2O4/c1-8(2)12(17)15-6-4-5-10(7-15)11(16)14-9(3)13(18)19/h8-10H,4-7H2,1-3H3,(H,14,16)(H,18,19)/t9-,10?/m0/s1. The smallest absolute Gasteiger partial charge is 0.325 e. The first-order valence-electron chi connectivity index (χ1n) is 6.65. The lowest BCUT2D eigenvalue weighted by molar-refractivity contribution is -0.143. The van der Waals surface area contributed by atoms with Crippen molar-refractivity contribution in [1.29, 1.82) is 0 Å². The van der Waals surface area contributed by atoms with Crippen molar-refractivity contribution in [2.24, 2.45) is 11.8 Å². The summed E-state index contributed by atoms with van der Waals surface area (Å²) in [7, 11) is 0. The van der Waals surface area contributed by atoms with Gasteiger partial charge in [0.15, 0.2) is 0 Å². The summed E-state index contributed by atoms with van der Waals surface area (Å²) in [6, 6.07) is -0.899. The van der Waals surface area contributed by atoms with Crippen LogP contribution in [0.5, 0.6) is 0 Å². The molecule has 2 N–H and O–H groups in total. The molecule has 0 aromatic carbocycles. The molecule has 1 rings (SSSR count). The first-order chi connectivity index (χ1) is 8.82. The molecule has 1 aliphatic heterocycles. The Morgan fingerprint density at radius 3 is 2.42 bits per heavy atom. The number of carbonyl (C=O) groups is 3. The van der Waals surface area contributed by atoms with Gasteiger partial charge >= 0.3 is 5.97 Å². The predicted octanol–water partition coefficient (Wildman–Crippen LogP) is 0.470. The van der Waals surface area contributed by atoms with Crippen molar-refractivity contribution in [3.05, 3.63) is 0 Å². The second-order valence-electron chi connectivity index (χ2n) is 5.35. The molecule has 0 saturated carbocycles. The van der Waals surface area contributed by atoms with Crippen molar-refractivity contribution in [2.45, 2.75) is 39.7 Å². The van der Waals surface area contributed by atoms with Gasteiger partial charge in [0.25, 0.3) is 0 Å². The zero-order chi connectivity index (χ0) is 14.6. The van der Waals surface area contributed by atoms with Gasteiger partial charge in [-0.2, -0.15) is 0 Å². The molecule has 1 heterocycles. The van der Waals surface area contributed by atoms with Crippen LogP contribution in [0, 0.1) is 11.8 Å². The van der Waals surface area contributed by atoms with Crippen LogP contribution < -0.4 is 5.32 Å². The van der Waals surface area contributed by atoms with E-state index >= 15 is 0 Å². The number of aliphatic carboxylic acids is 1. The van der Waals surface area contributed by atoms with Crippen LogP contribution in [0.15, 0.2) is 0 Å². The van der Waals surface area contributed by atoms with Gasteiger partial charge in [-0.3, -0.25) is 14.4 Å². The Hall–Kier alpha value is -1.59. The number of likely N-dealkylation sites (tertiary alicyclic amines) is 1. The lowest BCUT2D eigenvalue weighted by Crippen LogP contribution is -2.49. The number of hydrogen-bond donors (Lipinski definition) is 2. The van der Waals surface area contributed by atoms with Crippen molar-refractivity contribution >= 4 is 17.8 Å². The SMILES string of the molecule is CC(C)C(=O)N1CCCC(C(=O)N[C@@H](C)C(=O)O)C1. The largest absolute Gasteiger partial charge is 0.480 e. The number of piperidine rings is 1. The zero-order valence-electron chi connectivity index (χ0n) is 11.7. The summed E-state index contributed by atoms with van der Waals surface area (Å²) in [4.78, 5) is 36.2. The molecule has 0 radical (unpaired) electrons. The lowest BCUT2D eigenvalue weighted by Gasteiger charge is -2.33.